The number of likely N-dealkylation sites (tertiary alicyclic amines) is 1. The van der Waals surface area contributed by atoms with E-state index in [1.165, 1.54) is 5.56 Å². The van der Waals surface area contributed by atoms with Crippen molar-refractivity contribution in [1.82, 2.24) is 10.2 Å². The number of allylic oxidation sites excluding steroid dienone is 2. The first-order chi connectivity index (χ1) is 13.1. The highest BCUT2D eigenvalue weighted by molar-refractivity contribution is 5.76. The quantitative estimate of drug-likeness (QED) is 0.812. The molecule has 4 nitrogen and oxygen atoms in total. The van der Waals surface area contributed by atoms with Crippen LogP contribution in [0.3, 0.4) is 0 Å². The van der Waals surface area contributed by atoms with Gasteiger partial charge in [0.2, 0.25) is 0 Å². The van der Waals surface area contributed by atoms with Crippen molar-refractivity contribution in [2.24, 2.45) is 11.3 Å². The zero-order valence-corrected chi connectivity index (χ0v) is 16.6. The first-order valence-electron chi connectivity index (χ1n) is 10.4. The number of nitrogens with one attached hydrogen (secondary N) is 1. The summed E-state index contributed by atoms with van der Waals surface area (Å²) in [4.78, 5) is 15.1. The first kappa shape index (κ1) is 18.5. The minimum Gasteiger partial charge on any atom is -0.381 e. The van der Waals surface area contributed by atoms with Gasteiger partial charge in [-0.15, -0.1) is 0 Å². The van der Waals surface area contributed by atoms with E-state index in [0.717, 1.165) is 45.4 Å². The highest BCUT2D eigenvalue weighted by atomic mass is 16.5. The molecule has 2 fully saturated rings. The molecular formula is C23H32N2O2. The smallest absolute Gasteiger partial charge is 0.317 e. The number of carbonyl (C=O) groups is 1. The Bertz CT molecular complexity index is 684. The lowest BCUT2D eigenvalue weighted by atomic mass is 9.65. The topological polar surface area (TPSA) is 41.6 Å². The fourth-order valence-corrected chi connectivity index (χ4v) is 5.57. The summed E-state index contributed by atoms with van der Waals surface area (Å²) >= 11 is 0. The van der Waals surface area contributed by atoms with Gasteiger partial charge in [-0.25, -0.2) is 4.79 Å². The first-order valence-corrected chi connectivity index (χ1v) is 10.4. The number of carbonyl (C=O) groups excluding carboxylic acids is 1. The fraction of sp³-hybridized carbons (Fsp3) is 0.609. The Kier molecular flexibility index (Phi) is 5.02. The molecule has 1 N–H and O–H groups in total. The van der Waals surface area contributed by atoms with Crippen LogP contribution in [0.25, 0.3) is 0 Å². The van der Waals surface area contributed by atoms with E-state index in [2.05, 4.69) is 66.5 Å². The molecule has 3 aliphatic rings. The van der Waals surface area contributed by atoms with Crippen LogP contribution in [0, 0.1) is 11.3 Å². The van der Waals surface area contributed by atoms with Crippen molar-refractivity contribution in [2.45, 2.75) is 51.0 Å². The van der Waals surface area contributed by atoms with Crippen molar-refractivity contribution in [3.05, 3.63) is 48.0 Å². The summed E-state index contributed by atoms with van der Waals surface area (Å²) in [5.74, 6) is 0.482. The summed E-state index contributed by atoms with van der Waals surface area (Å²) < 4.78 is 5.61. The lowest BCUT2D eigenvalue weighted by Crippen LogP contribution is -2.69. The summed E-state index contributed by atoms with van der Waals surface area (Å²) in [5.41, 5.74) is 1.59. The van der Waals surface area contributed by atoms with Crippen LogP contribution in [-0.2, 0) is 10.2 Å². The predicted molar refractivity (Wildman–Crippen MR) is 108 cm³/mol. The van der Waals surface area contributed by atoms with Crippen LogP contribution in [0.2, 0.25) is 0 Å². The third-order valence-corrected chi connectivity index (χ3v) is 6.97. The molecule has 1 aromatic carbocycles. The normalized spacial score (nSPS) is 25.6. The van der Waals surface area contributed by atoms with Crippen LogP contribution in [0.15, 0.2) is 42.5 Å². The summed E-state index contributed by atoms with van der Waals surface area (Å²) in [7, 11) is 0. The Morgan fingerprint density at radius 3 is 2.48 bits per heavy atom. The molecule has 1 spiro atoms. The second kappa shape index (κ2) is 7.31. The summed E-state index contributed by atoms with van der Waals surface area (Å²) in [6, 6.07) is 11.1. The van der Waals surface area contributed by atoms with Crippen LogP contribution < -0.4 is 5.32 Å². The van der Waals surface area contributed by atoms with Crippen molar-refractivity contribution in [3.8, 4) is 0 Å². The SMILES string of the molecule is CC(C)C1N(C(=O)NCC2(c3ccccc3)CCOCC2)CC12CC=CC2. The van der Waals surface area contributed by atoms with Crippen molar-refractivity contribution >= 4 is 6.03 Å². The van der Waals surface area contributed by atoms with E-state index in [1.807, 2.05) is 0 Å². The molecule has 1 aromatic rings. The lowest BCUT2D eigenvalue weighted by molar-refractivity contribution is -0.0582. The molecule has 4 rings (SSSR count). The Morgan fingerprint density at radius 2 is 1.85 bits per heavy atom. The summed E-state index contributed by atoms with van der Waals surface area (Å²) in [6.07, 6.45) is 8.72. The van der Waals surface area contributed by atoms with Crippen molar-refractivity contribution < 1.29 is 9.53 Å². The van der Waals surface area contributed by atoms with E-state index in [-0.39, 0.29) is 11.4 Å². The van der Waals surface area contributed by atoms with Crippen LogP contribution in [0.1, 0.15) is 45.1 Å². The molecule has 1 aliphatic carbocycles. The minimum absolute atomic E-state index is 0.0139. The van der Waals surface area contributed by atoms with Crippen LogP contribution >= 0.6 is 0 Å². The maximum atomic E-state index is 13.1. The van der Waals surface area contributed by atoms with Gasteiger partial charge < -0.3 is 15.0 Å². The highest BCUT2D eigenvalue weighted by Gasteiger charge is 2.55. The average molecular weight is 369 g/mol. The minimum atomic E-state index is -0.0139. The molecule has 27 heavy (non-hydrogen) atoms. The molecule has 0 bridgehead atoms. The molecule has 0 aromatic heterocycles. The van der Waals surface area contributed by atoms with Gasteiger partial charge in [0.15, 0.2) is 0 Å². The van der Waals surface area contributed by atoms with E-state index in [9.17, 15) is 4.79 Å². The fourth-order valence-electron chi connectivity index (χ4n) is 5.57. The molecule has 2 amide bonds. The number of rotatable bonds is 4. The van der Waals surface area contributed by atoms with Gasteiger partial charge in [0.1, 0.15) is 0 Å². The van der Waals surface area contributed by atoms with Gasteiger partial charge in [0, 0.05) is 43.2 Å². The number of amides is 2. The molecule has 2 heterocycles. The molecular weight excluding hydrogens is 336 g/mol. The Hall–Kier alpha value is -1.81. The maximum Gasteiger partial charge on any atom is 0.317 e. The summed E-state index contributed by atoms with van der Waals surface area (Å²) in [5, 5.41) is 3.30. The third kappa shape index (κ3) is 3.29. The van der Waals surface area contributed by atoms with Crippen LogP contribution in [0.4, 0.5) is 4.79 Å². The van der Waals surface area contributed by atoms with Crippen molar-refractivity contribution in [1.29, 1.82) is 0 Å². The van der Waals surface area contributed by atoms with E-state index in [4.69, 9.17) is 4.74 Å². The molecule has 146 valence electrons. The van der Waals surface area contributed by atoms with Crippen LogP contribution in [-0.4, -0.2) is 43.3 Å². The Labute approximate surface area is 163 Å². The molecule has 4 heteroatoms. The van der Waals surface area contributed by atoms with E-state index in [0.29, 0.717) is 23.9 Å². The van der Waals surface area contributed by atoms with Gasteiger partial charge in [-0.1, -0.05) is 56.3 Å². The second-order valence-electron chi connectivity index (χ2n) is 8.98. The zero-order chi connectivity index (χ0) is 18.9. The third-order valence-electron chi connectivity index (χ3n) is 6.97. The van der Waals surface area contributed by atoms with E-state index in [1.54, 1.807) is 0 Å². The lowest BCUT2D eigenvalue weighted by Gasteiger charge is -2.58. The zero-order valence-electron chi connectivity index (χ0n) is 16.6. The molecule has 2 aliphatic heterocycles. The average Bonchev–Trinajstić information content (AvgIpc) is 3.17. The molecule has 1 unspecified atom stereocenters. The van der Waals surface area contributed by atoms with Gasteiger partial charge in [-0.05, 0) is 37.2 Å². The van der Waals surface area contributed by atoms with Gasteiger partial charge in [0.25, 0.3) is 0 Å². The molecule has 2 saturated heterocycles. The Morgan fingerprint density at radius 1 is 1.19 bits per heavy atom. The molecule has 1 atom stereocenters. The summed E-state index contributed by atoms with van der Waals surface area (Å²) in [6.45, 7) is 7.58. The number of benzene rings is 1. The highest BCUT2D eigenvalue weighted by Crippen LogP contribution is 2.50. The molecule has 0 radical (unpaired) electrons. The number of nitrogens with zero attached hydrogens (tertiary/aromatic N) is 1. The predicted octanol–water partition coefficient (Wildman–Crippen LogP) is 4.12. The largest absolute Gasteiger partial charge is 0.381 e. The number of ether oxygens (including phenoxy) is 1. The van der Waals surface area contributed by atoms with Crippen molar-refractivity contribution in [2.75, 3.05) is 26.3 Å². The number of hydrogen-bond donors (Lipinski definition) is 1. The standard InChI is InChI=1S/C23H32N2O2/c1-18(2)20-23(10-6-7-11-23)17-25(20)21(26)24-16-22(12-14-27-15-13-22)19-8-4-3-5-9-19/h3-9,18,20H,10-17H2,1-2H3,(H,24,26). The second-order valence-corrected chi connectivity index (χ2v) is 8.98. The van der Waals surface area contributed by atoms with Gasteiger partial charge in [-0.3, -0.25) is 0 Å². The molecule has 0 saturated carbocycles. The van der Waals surface area contributed by atoms with E-state index >= 15 is 0 Å². The monoisotopic (exact) mass is 368 g/mol. The number of hydrogen-bond acceptors (Lipinski definition) is 2. The van der Waals surface area contributed by atoms with E-state index < -0.39 is 0 Å². The van der Waals surface area contributed by atoms with Gasteiger partial charge in [0.05, 0.1) is 0 Å². The van der Waals surface area contributed by atoms with Gasteiger partial charge in [-0.2, -0.15) is 0 Å². The van der Waals surface area contributed by atoms with Crippen molar-refractivity contribution in [3.63, 3.8) is 0 Å². The van der Waals surface area contributed by atoms with Gasteiger partial charge >= 0.3 is 6.03 Å². The Balaban J connectivity index is 1.44. The maximum absolute atomic E-state index is 13.1. The van der Waals surface area contributed by atoms with Crippen LogP contribution in [0.5, 0.6) is 0 Å². The number of urea groups is 1.